The minimum absolute atomic E-state index is 0.0463. The second kappa shape index (κ2) is 9.60. The molecule has 7 nitrogen and oxygen atoms in total. The number of carbonyl (C=O) groups is 3. The van der Waals surface area contributed by atoms with Gasteiger partial charge >= 0.3 is 12.1 Å². The molecule has 0 radical (unpaired) electrons. The van der Waals surface area contributed by atoms with Gasteiger partial charge in [0.2, 0.25) is 0 Å². The maximum absolute atomic E-state index is 12.4. The molecule has 0 fully saturated rings. The van der Waals surface area contributed by atoms with Crippen LogP contribution in [0, 0.1) is 0 Å². The first-order valence-corrected chi connectivity index (χ1v) is 8.10. The molecule has 0 aliphatic carbocycles. The first-order valence-electron chi connectivity index (χ1n) is 8.10. The highest BCUT2D eigenvalue weighted by Gasteiger charge is 2.20. The molecule has 7 heteroatoms. The SMILES string of the molecule is COC(=O)/C(=C/c1ccc(OC)cc1)C(=O)CCNC(=O)OC(C)(C)C. The molecule has 26 heavy (non-hydrogen) atoms. The van der Waals surface area contributed by atoms with E-state index in [1.54, 1.807) is 52.1 Å². The lowest BCUT2D eigenvalue weighted by Crippen LogP contribution is -2.34. The Balaban J connectivity index is 2.76. The van der Waals surface area contributed by atoms with Gasteiger partial charge in [0.25, 0.3) is 0 Å². The summed E-state index contributed by atoms with van der Waals surface area (Å²) in [6.07, 6.45) is 0.765. The highest BCUT2D eigenvalue weighted by atomic mass is 16.6. The van der Waals surface area contributed by atoms with E-state index in [9.17, 15) is 14.4 Å². The monoisotopic (exact) mass is 363 g/mol. The van der Waals surface area contributed by atoms with Gasteiger partial charge in [-0.25, -0.2) is 9.59 Å². The van der Waals surface area contributed by atoms with Crippen molar-refractivity contribution in [3.05, 3.63) is 35.4 Å². The summed E-state index contributed by atoms with van der Waals surface area (Å²) in [5, 5.41) is 2.48. The molecule has 0 aromatic heterocycles. The number of hydrogen-bond acceptors (Lipinski definition) is 6. The van der Waals surface area contributed by atoms with E-state index in [2.05, 4.69) is 10.1 Å². The average Bonchev–Trinajstić information content (AvgIpc) is 2.57. The first kappa shape index (κ1) is 21.2. The predicted molar refractivity (Wildman–Crippen MR) is 96.8 cm³/mol. The summed E-state index contributed by atoms with van der Waals surface area (Å²) < 4.78 is 14.8. The zero-order valence-electron chi connectivity index (χ0n) is 15.8. The molecule has 0 unspecified atom stereocenters. The van der Waals surface area contributed by atoms with E-state index in [4.69, 9.17) is 9.47 Å². The van der Waals surface area contributed by atoms with E-state index in [-0.39, 0.29) is 18.5 Å². The number of alkyl carbamates (subject to hydrolysis) is 1. The third kappa shape index (κ3) is 7.38. The topological polar surface area (TPSA) is 90.9 Å². The van der Waals surface area contributed by atoms with Gasteiger partial charge in [-0.15, -0.1) is 0 Å². The van der Waals surface area contributed by atoms with E-state index in [1.165, 1.54) is 13.2 Å². The lowest BCUT2D eigenvalue weighted by atomic mass is 10.0. The zero-order chi connectivity index (χ0) is 19.7. The summed E-state index contributed by atoms with van der Waals surface area (Å²) in [6, 6.07) is 6.87. The van der Waals surface area contributed by atoms with Crippen molar-refractivity contribution >= 4 is 23.9 Å². The number of Topliss-reactive ketones (excluding diaryl/α,β-unsaturated/α-hetero) is 1. The number of amides is 1. The molecule has 1 amide bonds. The molecule has 0 spiro atoms. The van der Waals surface area contributed by atoms with Crippen LogP contribution in [0.15, 0.2) is 29.8 Å². The van der Waals surface area contributed by atoms with Crippen molar-refractivity contribution in [1.29, 1.82) is 0 Å². The normalized spacial score (nSPS) is 11.5. The summed E-state index contributed by atoms with van der Waals surface area (Å²) in [5.41, 5.74) is -0.0668. The van der Waals surface area contributed by atoms with Crippen LogP contribution >= 0.6 is 0 Å². The van der Waals surface area contributed by atoms with Gasteiger partial charge in [-0.2, -0.15) is 0 Å². The van der Waals surface area contributed by atoms with Crippen LogP contribution in [0.3, 0.4) is 0 Å². The van der Waals surface area contributed by atoms with Gasteiger partial charge in [-0.1, -0.05) is 12.1 Å². The van der Waals surface area contributed by atoms with Crippen LogP contribution in [0.5, 0.6) is 5.75 Å². The molecule has 0 heterocycles. The van der Waals surface area contributed by atoms with Crippen molar-refractivity contribution in [2.45, 2.75) is 32.8 Å². The molecule has 0 saturated heterocycles. The van der Waals surface area contributed by atoms with E-state index in [1.807, 2.05) is 0 Å². The largest absolute Gasteiger partial charge is 0.497 e. The Hall–Kier alpha value is -2.83. The molecule has 1 aromatic carbocycles. The third-order valence-electron chi connectivity index (χ3n) is 3.15. The highest BCUT2D eigenvalue weighted by molar-refractivity contribution is 6.20. The van der Waals surface area contributed by atoms with E-state index in [0.29, 0.717) is 11.3 Å². The predicted octanol–water partition coefficient (Wildman–Crippen LogP) is 2.74. The minimum Gasteiger partial charge on any atom is -0.497 e. The molecule has 0 saturated carbocycles. The van der Waals surface area contributed by atoms with Crippen molar-refractivity contribution in [3.63, 3.8) is 0 Å². The minimum atomic E-state index is -0.733. The van der Waals surface area contributed by atoms with Crippen LogP contribution in [0.4, 0.5) is 4.79 Å². The molecule has 0 aliphatic heterocycles. The van der Waals surface area contributed by atoms with E-state index in [0.717, 1.165) is 0 Å². The average molecular weight is 363 g/mol. The molecular weight excluding hydrogens is 338 g/mol. The molecule has 142 valence electrons. The summed E-state index contributed by atoms with van der Waals surface area (Å²) in [7, 11) is 2.75. The number of benzene rings is 1. The van der Waals surface area contributed by atoms with Crippen molar-refractivity contribution in [2.24, 2.45) is 0 Å². The summed E-state index contributed by atoms with van der Waals surface area (Å²) >= 11 is 0. The van der Waals surface area contributed by atoms with E-state index < -0.39 is 23.4 Å². The van der Waals surface area contributed by atoms with Crippen molar-refractivity contribution in [1.82, 2.24) is 5.32 Å². The van der Waals surface area contributed by atoms with Gasteiger partial charge in [0.1, 0.15) is 16.9 Å². The Kier molecular flexibility index (Phi) is 7.83. The Morgan fingerprint density at radius 2 is 1.69 bits per heavy atom. The van der Waals surface area contributed by atoms with Crippen molar-refractivity contribution in [3.8, 4) is 5.75 Å². The van der Waals surface area contributed by atoms with Gasteiger partial charge in [-0.3, -0.25) is 4.79 Å². The van der Waals surface area contributed by atoms with Crippen molar-refractivity contribution < 1.29 is 28.6 Å². The quantitative estimate of drug-likeness (QED) is 0.347. The van der Waals surface area contributed by atoms with E-state index >= 15 is 0 Å². The number of methoxy groups -OCH3 is 2. The maximum atomic E-state index is 12.4. The zero-order valence-corrected chi connectivity index (χ0v) is 15.8. The molecule has 1 aromatic rings. The van der Waals surface area contributed by atoms with Crippen LogP contribution in [0.2, 0.25) is 0 Å². The number of carbonyl (C=O) groups excluding carboxylic acids is 3. The second-order valence-corrected chi connectivity index (χ2v) is 6.42. The Morgan fingerprint density at radius 1 is 1.08 bits per heavy atom. The Bertz CT molecular complexity index is 670. The summed E-state index contributed by atoms with van der Waals surface area (Å²) in [5.74, 6) is -0.513. The third-order valence-corrected chi connectivity index (χ3v) is 3.15. The molecule has 0 bridgehead atoms. The number of hydrogen-bond donors (Lipinski definition) is 1. The molecule has 1 rings (SSSR count). The van der Waals surface area contributed by atoms with Gasteiger partial charge in [0, 0.05) is 13.0 Å². The number of rotatable bonds is 7. The van der Waals surface area contributed by atoms with Crippen molar-refractivity contribution in [2.75, 3.05) is 20.8 Å². The number of ketones is 1. The second-order valence-electron chi connectivity index (χ2n) is 6.42. The molecule has 1 N–H and O–H groups in total. The molecular formula is C19H25NO6. The van der Waals surface area contributed by atoms with Crippen LogP contribution in [-0.4, -0.2) is 44.2 Å². The fourth-order valence-electron chi connectivity index (χ4n) is 1.96. The lowest BCUT2D eigenvalue weighted by molar-refractivity contribution is -0.137. The summed E-state index contributed by atoms with van der Waals surface area (Å²) in [6.45, 7) is 5.27. The molecule has 0 atom stereocenters. The number of ether oxygens (including phenoxy) is 3. The Labute approximate surface area is 153 Å². The van der Waals surface area contributed by atoms with Crippen LogP contribution in [0.25, 0.3) is 6.08 Å². The van der Waals surface area contributed by atoms with Gasteiger partial charge in [-0.05, 0) is 44.5 Å². The highest BCUT2D eigenvalue weighted by Crippen LogP contribution is 2.15. The van der Waals surface area contributed by atoms with Gasteiger partial charge < -0.3 is 19.5 Å². The van der Waals surface area contributed by atoms with Crippen LogP contribution < -0.4 is 10.1 Å². The summed E-state index contributed by atoms with van der Waals surface area (Å²) in [4.78, 5) is 35.9. The van der Waals surface area contributed by atoms with Crippen LogP contribution in [-0.2, 0) is 19.1 Å². The van der Waals surface area contributed by atoms with Gasteiger partial charge in [0.15, 0.2) is 5.78 Å². The maximum Gasteiger partial charge on any atom is 0.407 e. The lowest BCUT2D eigenvalue weighted by Gasteiger charge is -2.19. The molecule has 0 aliphatic rings. The standard InChI is InChI=1S/C19H25NO6/c1-19(2,3)26-18(23)20-11-10-16(21)15(17(22)25-5)12-13-6-8-14(24-4)9-7-13/h6-9,12H,10-11H2,1-5H3,(H,20,23)/b15-12+. The first-order chi connectivity index (χ1) is 12.2. The Morgan fingerprint density at radius 3 is 2.19 bits per heavy atom. The van der Waals surface area contributed by atoms with Crippen LogP contribution in [0.1, 0.15) is 32.8 Å². The van der Waals surface area contributed by atoms with Gasteiger partial charge in [0.05, 0.1) is 14.2 Å². The fourth-order valence-corrected chi connectivity index (χ4v) is 1.96. The fraction of sp³-hybridized carbons (Fsp3) is 0.421. The smallest absolute Gasteiger partial charge is 0.407 e. The number of nitrogens with one attached hydrogen (secondary N) is 1. The number of esters is 1.